The molecule has 0 aromatic carbocycles. The summed E-state index contributed by atoms with van der Waals surface area (Å²) in [5, 5.41) is 11.7. The van der Waals surface area contributed by atoms with Gasteiger partial charge >= 0.3 is 0 Å². The van der Waals surface area contributed by atoms with Gasteiger partial charge in [0.1, 0.15) is 5.78 Å². The van der Waals surface area contributed by atoms with Crippen LogP contribution in [0.2, 0.25) is 0 Å². The number of rotatable bonds is 5. The highest BCUT2D eigenvalue weighted by Crippen LogP contribution is 2.68. The third-order valence-corrected chi connectivity index (χ3v) is 10.8. The molecule has 0 saturated heterocycles. The van der Waals surface area contributed by atoms with Crippen LogP contribution in [0.3, 0.4) is 0 Å². The van der Waals surface area contributed by atoms with Gasteiger partial charge in [0, 0.05) is 11.8 Å². The van der Waals surface area contributed by atoms with Gasteiger partial charge in [-0.25, -0.2) is 0 Å². The van der Waals surface area contributed by atoms with Crippen molar-refractivity contribution in [3.8, 4) is 0 Å². The molecule has 0 spiro atoms. The number of aliphatic hydroxyl groups excluding tert-OH is 1. The van der Waals surface area contributed by atoms with Crippen molar-refractivity contribution in [2.75, 3.05) is 0 Å². The van der Waals surface area contributed by atoms with Crippen LogP contribution in [-0.4, -0.2) is 17.0 Å². The first-order valence-corrected chi connectivity index (χ1v) is 13.4. The molecular formula is C29H48O2. The van der Waals surface area contributed by atoms with E-state index in [4.69, 9.17) is 0 Å². The lowest BCUT2D eigenvalue weighted by molar-refractivity contribution is -0.144. The molecule has 1 N–H and O–H groups in total. The third kappa shape index (κ3) is 3.58. The van der Waals surface area contributed by atoms with Gasteiger partial charge < -0.3 is 5.11 Å². The van der Waals surface area contributed by atoms with Gasteiger partial charge in [-0.15, -0.1) is 0 Å². The minimum absolute atomic E-state index is 0.0119. The Morgan fingerprint density at radius 2 is 1.81 bits per heavy atom. The van der Waals surface area contributed by atoms with E-state index in [0.29, 0.717) is 24.0 Å². The maximum atomic E-state index is 12.7. The molecule has 8 atom stereocenters. The molecular weight excluding hydrogens is 380 g/mol. The van der Waals surface area contributed by atoms with E-state index < -0.39 is 0 Å². The van der Waals surface area contributed by atoms with E-state index in [9.17, 15) is 9.90 Å². The number of Topliss-reactive ketones (excluding diaryl/α,β-unsaturated/α-hetero) is 1. The largest absolute Gasteiger partial charge is 0.393 e. The van der Waals surface area contributed by atoms with Gasteiger partial charge in [0.25, 0.3) is 0 Å². The minimum Gasteiger partial charge on any atom is -0.393 e. The molecule has 0 aromatic rings. The average Bonchev–Trinajstić information content (AvgIpc) is 3.01. The number of carbonyl (C=O) groups excluding carboxylic acids is 1. The number of hydrogen-bond acceptors (Lipinski definition) is 2. The topological polar surface area (TPSA) is 37.3 Å². The predicted octanol–water partition coefficient (Wildman–Crippen LogP) is 7.20. The molecule has 2 nitrogen and oxygen atoms in total. The first kappa shape index (κ1) is 23.5. The maximum Gasteiger partial charge on any atom is 0.142 e. The zero-order chi connectivity index (χ0) is 22.8. The summed E-state index contributed by atoms with van der Waals surface area (Å²) in [5.74, 6) is 4.34. The molecule has 4 aliphatic rings. The van der Waals surface area contributed by atoms with Crippen molar-refractivity contribution in [1.29, 1.82) is 0 Å². The van der Waals surface area contributed by atoms with Crippen molar-refractivity contribution in [2.24, 2.45) is 51.8 Å². The fraction of sp³-hybridized carbons (Fsp3) is 0.897. The summed E-state index contributed by atoms with van der Waals surface area (Å²) < 4.78 is 0. The van der Waals surface area contributed by atoms with Gasteiger partial charge in [0.05, 0.1) is 6.10 Å². The van der Waals surface area contributed by atoms with E-state index in [1.54, 1.807) is 0 Å². The Labute approximate surface area is 191 Å². The molecule has 0 aliphatic heterocycles. The normalized spacial score (nSPS) is 45.0. The highest BCUT2D eigenvalue weighted by molar-refractivity contribution is 5.89. The summed E-state index contributed by atoms with van der Waals surface area (Å²) in [5.41, 5.74) is 1.25. The summed E-state index contributed by atoms with van der Waals surface area (Å²) in [4.78, 5) is 12.7. The molecule has 0 aromatic heterocycles. The van der Waals surface area contributed by atoms with E-state index in [-0.39, 0.29) is 22.3 Å². The van der Waals surface area contributed by atoms with Crippen molar-refractivity contribution < 1.29 is 9.90 Å². The zero-order valence-electron chi connectivity index (χ0n) is 21.3. The Bertz CT molecular complexity index is 733. The Balaban J connectivity index is 1.59. The Morgan fingerprint density at radius 3 is 2.48 bits per heavy atom. The van der Waals surface area contributed by atoms with Crippen molar-refractivity contribution in [1.82, 2.24) is 0 Å². The molecule has 31 heavy (non-hydrogen) atoms. The molecule has 4 aliphatic carbocycles. The fourth-order valence-corrected chi connectivity index (χ4v) is 9.38. The second-order valence-electron chi connectivity index (χ2n) is 13.4. The summed E-state index contributed by atoms with van der Waals surface area (Å²) in [7, 11) is 0. The Morgan fingerprint density at radius 1 is 1.10 bits per heavy atom. The second kappa shape index (κ2) is 8.00. The van der Waals surface area contributed by atoms with E-state index in [1.807, 2.05) is 0 Å². The van der Waals surface area contributed by atoms with Gasteiger partial charge in [0.2, 0.25) is 0 Å². The average molecular weight is 429 g/mol. The maximum absolute atomic E-state index is 12.7. The van der Waals surface area contributed by atoms with Crippen LogP contribution >= 0.6 is 0 Å². The van der Waals surface area contributed by atoms with Crippen LogP contribution in [-0.2, 0) is 4.79 Å². The van der Waals surface area contributed by atoms with Crippen molar-refractivity contribution >= 4 is 5.78 Å². The van der Waals surface area contributed by atoms with Gasteiger partial charge in [-0.2, -0.15) is 0 Å². The molecule has 4 rings (SSSR count). The van der Waals surface area contributed by atoms with E-state index >= 15 is 0 Å². The molecule has 3 saturated carbocycles. The van der Waals surface area contributed by atoms with Crippen LogP contribution in [0, 0.1) is 51.8 Å². The first-order chi connectivity index (χ1) is 14.4. The van der Waals surface area contributed by atoms with E-state index in [2.05, 4.69) is 54.5 Å². The van der Waals surface area contributed by atoms with Crippen LogP contribution in [0.15, 0.2) is 11.6 Å². The van der Waals surface area contributed by atoms with Crippen LogP contribution < -0.4 is 0 Å². The monoisotopic (exact) mass is 428 g/mol. The number of hydrogen-bond donors (Lipinski definition) is 1. The fourth-order valence-electron chi connectivity index (χ4n) is 9.38. The summed E-state index contributed by atoms with van der Waals surface area (Å²) >= 11 is 0. The lowest BCUT2D eigenvalue weighted by Crippen LogP contribution is -2.58. The lowest BCUT2D eigenvalue weighted by Gasteiger charge is -2.61. The smallest absolute Gasteiger partial charge is 0.142 e. The summed E-state index contributed by atoms with van der Waals surface area (Å²) in [6, 6.07) is 0. The zero-order valence-corrected chi connectivity index (χ0v) is 21.3. The molecule has 176 valence electrons. The SMILES string of the molecule is CC(C)CCC[C@@H](C)[C@H]1CC[C@H]2[C@@H]3CC=C4C(C)(C)C(=O)CC[C@]4(C)[C@H]3C(O)C[C@]12C. The quantitative estimate of drug-likeness (QED) is 0.470. The predicted molar refractivity (Wildman–Crippen MR) is 129 cm³/mol. The minimum atomic E-state index is -0.360. The highest BCUT2D eigenvalue weighted by atomic mass is 16.3. The van der Waals surface area contributed by atoms with Crippen molar-refractivity contribution in [2.45, 2.75) is 112 Å². The van der Waals surface area contributed by atoms with Gasteiger partial charge in [0.15, 0.2) is 0 Å². The van der Waals surface area contributed by atoms with Crippen molar-refractivity contribution in [3.05, 3.63) is 11.6 Å². The highest BCUT2D eigenvalue weighted by Gasteiger charge is 2.63. The van der Waals surface area contributed by atoms with E-state index in [0.717, 1.165) is 42.9 Å². The molecule has 0 bridgehead atoms. The molecule has 0 radical (unpaired) electrons. The number of aliphatic hydroxyl groups is 1. The molecule has 3 fully saturated rings. The van der Waals surface area contributed by atoms with Crippen molar-refractivity contribution in [3.63, 3.8) is 0 Å². The molecule has 2 heteroatoms. The number of allylic oxidation sites excluding steroid dienone is 2. The van der Waals surface area contributed by atoms with E-state index in [1.165, 1.54) is 37.7 Å². The summed E-state index contributed by atoms with van der Waals surface area (Å²) in [6.45, 7) is 16.3. The number of ketones is 1. The molecule has 1 unspecified atom stereocenters. The van der Waals surface area contributed by atoms with Crippen LogP contribution in [0.1, 0.15) is 106 Å². The molecule has 0 heterocycles. The summed E-state index contributed by atoms with van der Waals surface area (Å²) in [6.07, 6.45) is 12.6. The van der Waals surface area contributed by atoms with Crippen LogP contribution in [0.25, 0.3) is 0 Å². The van der Waals surface area contributed by atoms with Crippen LogP contribution in [0.4, 0.5) is 0 Å². The Hall–Kier alpha value is -0.630. The van der Waals surface area contributed by atoms with Gasteiger partial charge in [-0.1, -0.05) is 65.5 Å². The standard InChI is InChI=1S/C29H48O2/c1-18(2)9-8-10-19(3)21-12-13-22-20-11-14-24-27(4,5)25(31)15-16-28(24,6)26(20)23(30)17-29(21,22)7/h14,18-23,26,30H,8-13,15-17H2,1-7H3/t19-,20+,21-,22+,23?,26-,28+,29-/m1/s1. The lowest BCUT2D eigenvalue weighted by atomic mass is 9.43. The molecule has 0 amide bonds. The van der Waals surface area contributed by atoms with Gasteiger partial charge in [-0.05, 0) is 92.3 Å². The third-order valence-electron chi connectivity index (χ3n) is 10.8. The number of carbonyl (C=O) groups is 1. The number of fused-ring (bicyclic) bond motifs is 5. The van der Waals surface area contributed by atoms with Gasteiger partial charge in [-0.3, -0.25) is 4.79 Å². The second-order valence-corrected chi connectivity index (χ2v) is 13.4. The first-order valence-electron chi connectivity index (χ1n) is 13.4. The Kier molecular flexibility index (Phi) is 6.07. The van der Waals surface area contributed by atoms with Crippen LogP contribution in [0.5, 0.6) is 0 Å².